The van der Waals surface area contributed by atoms with Crippen LogP contribution in [0, 0.1) is 17.2 Å². The van der Waals surface area contributed by atoms with E-state index in [0.29, 0.717) is 24.9 Å². The van der Waals surface area contributed by atoms with Crippen molar-refractivity contribution in [2.24, 2.45) is 5.92 Å². The van der Waals surface area contributed by atoms with E-state index in [4.69, 9.17) is 10.00 Å². The van der Waals surface area contributed by atoms with Gasteiger partial charge in [-0.15, -0.1) is 0 Å². The van der Waals surface area contributed by atoms with E-state index in [1.807, 2.05) is 19.1 Å². The van der Waals surface area contributed by atoms with Gasteiger partial charge < -0.3 is 20.7 Å². The molecule has 0 aliphatic rings. The molecule has 0 saturated carbocycles. The zero-order valence-electron chi connectivity index (χ0n) is 17.5. The number of nitrogens with one attached hydrogen (secondary N) is 3. The van der Waals surface area contributed by atoms with E-state index in [9.17, 15) is 14.4 Å². The van der Waals surface area contributed by atoms with Crippen molar-refractivity contribution in [2.75, 3.05) is 13.1 Å². The zero-order chi connectivity index (χ0) is 21.9. The number of hydrogen-bond donors (Lipinski definition) is 3. The van der Waals surface area contributed by atoms with Gasteiger partial charge >= 0.3 is 6.09 Å². The van der Waals surface area contributed by atoms with E-state index < -0.39 is 11.7 Å². The molecule has 0 spiro atoms. The van der Waals surface area contributed by atoms with Crippen LogP contribution in [0.3, 0.4) is 0 Å². The second-order valence-corrected chi connectivity index (χ2v) is 7.84. The molecular weight excluding hydrogens is 372 g/mol. The minimum atomic E-state index is -0.570. The van der Waals surface area contributed by atoms with Crippen LogP contribution in [0.4, 0.5) is 4.79 Å². The third kappa shape index (κ3) is 10.7. The predicted molar refractivity (Wildman–Crippen MR) is 109 cm³/mol. The monoisotopic (exact) mass is 402 g/mol. The third-order valence-corrected chi connectivity index (χ3v) is 3.85. The number of nitrogens with zero attached hydrogens (tertiary/aromatic N) is 1. The molecule has 0 bridgehead atoms. The van der Waals surface area contributed by atoms with Crippen molar-refractivity contribution in [3.05, 3.63) is 35.4 Å². The first-order valence-corrected chi connectivity index (χ1v) is 9.58. The molecule has 1 aromatic rings. The van der Waals surface area contributed by atoms with Gasteiger partial charge in [-0.05, 0) is 50.8 Å². The molecule has 0 aromatic heterocycles. The number of alkyl carbamates (subject to hydrolysis) is 1. The highest BCUT2D eigenvalue weighted by Crippen LogP contribution is 2.09. The van der Waals surface area contributed by atoms with Crippen LogP contribution in [0.2, 0.25) is 0 Å². The molecule has 8 nitrogen and oxygen atoms in total. The molecule has 29 heavy (non-hydrogen) atoms. The molecule has 3 N–H and O–H groups in total. The van der Waals surface area contributed by atoms with Gasteiger partial charge in [-0.25, -0.2) is 4.79 Å². The van der Waals surface area contributed by atoms with Crippen molar-refractivity contribution in [1.29, 1.82) is 5.26 Å². The number of amides is 3. The maximum absolute atomic E-state index is 12.3. The first kappa shape index (κ1) is 24.0. The van der Waals surface area contributed by atoms with E-state index in [-0.39, 0.29) is 30.8 Å². The Bertz CT molecular complexity index is 750. The maximum Gasteiger partial charge on any atom is 0.407 e. The number of hydrogen-bond acceptors (Lipinski definition) is 5. The van der Waals surface area contributed by atoms with Crippen molar-refractivity contribution >= 4 is 17.9 Å². The van der Waals surface area contributed by atoms with Crippen LogP contribution >= 0.6 is 0 Å². The van der Waals surface area contributed by atoms with Gasteiger partial charge in [-0.2, -0.15) is 5.26 Å². The smallest absolute Gasteiger partial charge is 0.407 e. The maximum atomic E-state index is 12.3. The van der Waals surface area contributed by atoms with Gasteiger partial charge in [0.25, 0.3) is 5.91 Å². The second-order valence-electron chi connectivity index (χ2n) is 7.84. The predicted octanol–water partition coefficient (Wildman–Crippen LogP) is 2.50. The van der Waals surface area contributed by atoms with Crippen LogP contribution in [-0.2, 0) is 16.1 Å². The third-order valence-electron chi connectivity index (χ3n) is 3.85. The van der Waals surface area contributed by atoms with Crippen molar-refractivity contribution < 1.29 is 19.1 Å². The number of carbonyl (C=O) groups is 3. The topological polar surface area (TPSA) is 120 Å². The summed E-state index contributed by atoms with van der Waals surface area (Å²) in [6.07, 6.45) is 0.440. The first-order valence-electron chi connectivity index (χ1n) is 9.58. The number of benzene rings is 1. The SMILES string of the molecule is CC(CCNC(=O)c1cccc(CNC(=O)OC(C)(C)C)c1)CC(=O)NCC#N. The number of carbonyl (C=O) groups excluding carboxylic acids is 3. The Morgan fingerprint density at radius 1 is 1.17 bits per heavy atom. The van der Waals surface area contributed by atoms with E-state index >= 15 is 0 Å². The van der Waals surface area contributed by atoms with Crippen molar-refractivity contribution in [3.63, 3.8) is 0 Å². The van der Waals surface area contributed by atoms with Gasteiger partial charge in [0.15, 0.2) is 0 Å². The molecule has 1 unspecified atom stereocenters. The normalized spacial score (nSPS) is 11.7. The van der Waals surface area contributed by atoms with Crippen LogP contribution in [0.25, 0.3) is 0 Å². The lowest BCUT2D eigenvalue weighted by molar-refractivity contribution is -0.121. The molecule has 1 atom stereocenters. The van der Waals surface area contributed by atoms with Gasteiger partial charge in [0, 0.05) is 25.1 Å². The van der Waals surface area contributed by atoms with Crippen LogP contribution in [0.15, 0.2) is 24.3 Å². The minimum absolute atomic E-state index is 0.00140. The summed E-state index contributed by atoms with van der Waals surface area (Å²) >= 11 is 0. The molecule has 0 aliphatic heterocycles. The molecule has 0 aliphatic carbocycles. The summed E-state index contributed by atoms with van der Waals surface area (Å²) in [6, 6.07) is 8.84. The van der Waals surface area contributed by atoms with Crippen molar-refractivity contribution in [3.8, 4) is 6.07 Å². The first-order chi connectivity index (χ1) is 13.6. The van der Waals surface area contributed by atoms with E-state index in [0.717, 1.165) is 5.56 Å². The molecular formula is C21H30N4O4. The van der Waals surface area contributed by atoms with E-state index in [2.05, 4.69) is 16.0 Å². The summed E-state index contributed by atoms with van der Waals surface area (Å²) in [5.74, 6) is -0.306. The number of ether oxygens (including phenoxy) is 1. The summed E-state index contributed by atoms with van der Waals surface area (Å²) in [5.41, 5.74) is 0.707. The number of nitriles is 1. The Morgan fingerprint density at radius 2 is 1.90 bits per heavy atom. The Hall–Kier alpha value is -3.08. The lowest BCUT2D eigenvalue weighted by Gasteiger charge is -2.19. The summed E-state index contributed by atoms with van der Waals surface area (Å²) in [7, 11) is 0. The Morgan fingerprint density at radius 3 is 2.55 bits per heavy atom. The van der Waals surface area contributed by atoms with Crippen LogP contribution in [0.5, 0.6) is 0 Å². The van der Waals surface area contributed by atoms with Crippen molar-refractivity contribution in [1.82, 2.24) is 16.0 Å². The van der Waals surface area contributed by atoms with Crippen LogP contribution in [-0.4, -0.2) is 36.6 Å². The van der Waals surface area contributed by atoms with Crippen molar-refractivity contribution in [2.45, 2.75) is 52.7 Å². The highest BCUT2D eigenvalue weighted by Gasteiger charge is 2.16. The second kappa shape index (κ2) is 11.7. The standard InChI is InChI=1S/C21H30N4O4/c1-15(12-18(26)23-11-9-22)8-10-24-19(27)17-7-5-6-16(13-17)14-25-20(28)29-21(2,3)4/h5-7,13,15H,8,10-12,14H2,1-4H3,(H,23,26)(H,24,27)(H,25,28). The van der Waals surface area contributed by atoms with Crippen LogP contribution in [0.1, 0.15) is 56.5 Å². The summed E-state index contributed by atoms with van der Waals surface area (Å²) < 4.78 is 5.19. The lowest BCUT2D eigenvalue weighted by Crippen LogP contribution is -2.32. The average molecular weight is 402 g/mol. The van der Waals surface area contributed by atoms with Gasteiger partial charge in [-0.1, -0.05) is 19.1 Å². The average Bonchev–Trinajstić information content (AvgIpc) is 2.63. The fraction of sp³-hybridized carbons (Fsp3) is 0.524. The highest BCUT2D eigenvalue weighted by atomic mass is 16.6. The zero-order valence-corrected chi connectivity index (χ0v) is 17.5. The largest absolute Gasteiger partial charge is 0.444 e. The molecule has 8 heteroatoms. The fourth-order valence-electron chi connectivity index (χ4n) is 2.47. The molecule has 3 amide bonds. The summed E-state index contributed by atoms with van der Waals surface area (Å²) in [6.45, 7) is 7.98. The molecule has 0 saturated heterocycles. The quantitative estimate of drug-likeness (QED) is 0.548. The van der Waals surface area contributed by atoms with Gasteiger partial charge in [-0.3, -0.25) is 9.59 Å². The molecule has 158 valence electrons. The molecule has 0 fully saturated rings. The lowest BCUT2D eigenvalue weighted by atomic mass is 10.0. The van der Waals surface area contributed by atoms with Crippen LogP contribution < -0.4 is 16.0 Å². The molecule has 1 rings (SSSR count). The minimum Gasteiger partial charge on any atom is -0.444 e. The van der Waals surface area contributed by atoms with E-state index in [1.54, 1.807) is 39.0 Å². The highest BCUT2D eigenvalue weighted by molar-refractivity contribution is 5.94. The Balaban J connectivity index is 2.43. The Labute approximate surface area is 172 Å². The molecule has 0 heterocycles. The summed E-state index contributed by atoms with van der Waals surface area (Å²) in [5, 5.41) is 16.4. The van der Waals surface area contributed by atoms with Gasteiger partial charge in [0.2, 0.25) is 5.91 Å². The Kier molecular flexibility index (Phi) is 9.66. The van der Waals surface area contributed by atoms with Gasteiger partial charge in [0.1, 0.15) is 12.1 Å². The van der Waals surface area contributed by atoms with E-state index in [1.165, 1.54) is 0 Å². The fourth-order valence-corrected chi connectivity index (χ4v) is 2.47. The number of rotatable bonds is 9. The summed E-state index contributed by atoms with van der Waals surface area (Å²) in [4.78, 5) is 35.6. The molecule has 1 aromatic carbocycles. The van der Waals surface area contributed by atoms with Gasteiger partial charge in [0.05, 0.1) is 6.07 Å². The molecule has 0 radical (unpaired) electrons.